The minimum Gasteiger partial charge on any atom is -0.481 e. The molecule has 0 fully saturated rings. The van der Waals surface area contributed by atoms with Crippen molar-refractivity contribution < 1.29 is 9.90 Å². The summed E-state index contributed by atoms with van der Waals surface area (Å²) < 4.78 is 0. The van der Waals surface area contributed by atoms with Crippen LogP contribution in [-0.4, -0.2) is 11.1 Å². The Kier molecular flexibility index (Phi) is 8.36. The van der Waals surface area contributed by atoms with Gasteiger partial charge in [-0.2, -0.15) is 0 Å². The lowest BCUT2D eigenvalue weighted by molar-refractivity contribution is -0.151. The van der Waals surface area contributed by atoms with E-state index in [1.165, 1.54) is 6.42 Å². The van der Waals surface area contributed by atoms with Crippen molar-refractivity contribution in [3.63, 3.8) is 0 Å². The number of rotatable bonds is 10. The van der Waals surface area contributed by atoms with Gasteiger partial charge in [-0.05, 0) is 43.4 Å². The third kappa shape index (κ3) is 5.54. The van der Waals surface area contributed by atoms with E-state index in [4.69, 9.17) is 0 Å². The van der Waals surface area contributed by atoms with E-state index in [1.54, 1.807) is 0 Å². The molecule has 0 heterocycles. The SMILES string of the molecule is CCC[C@](CC)(CC(CC(C)CC)C(C)C)C(=O)O. The van der Waals surface area contributed by atoms with Crippen LogP contribution in [0, 0.1) is 23.2 Å². The molecule has 0 spiro atoms. The highest BCUT2D eigenvalue weighted by atomic mass is 16.4. The molecule has 0 bridgehead atoms. The Labute approximate surface area is 120 Å². The van der Waals surface area contributed by atoms with Gasteiger partial charge in [-0.15, -0.1) is 0 Å². The quantitative estimate of drug-likeness (QED) is 0.579. The molecule has 0 rings (SSSR count). The van der Waals surface area contributed by atoms with Crippen molar-refractivity contribution in [2.24, 2.45) is 23.2 Å². The molecule has 0 aromatic heterocycles. The Morgan fingerprint density at radius 2 is 1.74 bits per heavy atom. The van der Waals surface area contributed by atoms with Crippen molar-refractivity contribution >= 4 is 5.97 Å². The van der Waals surface area contributed by atoms with Crippen LogP contribution in [0.25, 0.3) is 0 Å². The second kappa shape index (κ2) is 8.60. The molecule has 0 aromatic rings. The Balaban J connectivity index is 4.98. The van der Waals surface area contributed by atoms with Crippen molar-refractivity contribution in [3.8, 4) is 0 Å². The molecule has 0 saturated carbocycles. The maximum Gasteiger partial charge on any atom is 0.309 e. The zero-order valence-electron chi connectivity index (χ0n) is 13.8. The third-order valence-corrected chi connectivity index (χ3v) is 4.86. The lowest BCUT2D eigenvalue weighted by Gasteiger charge is -2.35. The van der Waals surface area contributed by atoms with Crippen LogP contribution in [0.4, 0.5) is 0 Å². The lowest BCUT2D eigenvalue weighted by atomic mass is 9.69. The monoisotopic (exact) mass is 270 g/mol. The van der Waals surface area contributed by atoms with Crippen molar-refractivity contribution in [2.75, 3.05) is 0 Å². The summed E-state index contributed by atoms with van der Waals surface area (Å²) in [5, 5.41) is 9.68. The van der Waals surface area contributed by atoms with Crippen molar-refractivity contribution in [1.29, 1.82) is 0 Å². The summed E-state index contributed by atoms with van der Waals surface area (Å²) in [5.74, 6) is 1.19. The van der Waals surface area contributed by atoms with Crippen LogP contribution >= 0.6 is 0 Å². The third-order valence-electron chi connectivity index (χ3n) is 4.86. The minimum absolute atomic E-state index is 0.503. The van der Waals surface area contributed by atoms with Crippen LogP contribution in [0.1, 0.15) is 80.1 Å². The van der Waals surface area contributed by atoms with E-state index < -0.39 is 11.4 Å². The molecule has 0 amide bonds. The van der Waals surface area contributed by atoms with E-state index in [2.05, 4.69) is 34.6 Å². The van der Waals surface area contributed by atoms with Crippen LogP contribution in [-0.2, 0) is 4.79 Å². The molecule has 0 saturated heterocycles. The van der Waals surface area contributed by atoms with Gasteiger partial charge in [-0.3, -0.25) is 4.79 Å². The van der Waals surface area contributed by atoms with Crippen LogP contribution in [0.2, 0.25) is 0 Å². The second-order valence-corrected chi connectivity index (χ2v) is 6.65. The molecule has 0 aromatic carbocycles. The first kappa shape index (κ1) is 18.5. The van der Waals surface area contributed by atoms with Crippen molar-refractivity contribution in [1.82, 2.24) is 0 Å². The first-order valence-electron chi connectivity index (χ1n) is 8.06. The first-order chi connectivity index (χ1) is 8.82. The van der Waals surface area contributed by atoms with E-state index in [0.29, 0.717) is 17.8 Å². The Morgan fingerprint density at radius 1 is 1.16 bits per heavy atom. The molecular weight excluding hydrogens is 236 g/mol. The number of hydrogen-bond acceptors (Lipinski definition) is 1. The predicted octanol–water partition coefficient (Wildman–Crippen LogP) is 5.37. The summed E-state index contributed by atoms with van der Waals surface area (Å²) in [5.41, 5.74) is -0.503. The molecular formula is C17H34O2. The molecule has 0 aliphatic rings. The van der Waals surface area contributed by atoms with E-state index >= 15 is 0 Å². The number of aliphatic carboxylic acids is 1. The topological polar surface area (TPSA) is 37.3 Å². The Morgan fingerprint density at radius 3 is 2.05 bits per heavy atom. The van der Waals surface area contributed by atoms with Gasteiger partial charge in [0.15, 0.2) is 0 Å². The first-order valence-corrected chi connectivity index (χ1v) is 8.06. The van der Waals surface area contributed by atoms with E-state index in [9.17, 15) is 9.90 Å². The van der Waals surface area contributed by atoms with Gasteiger partial charge in [0.1, 0.15) is 0 Å². The number of carboxylic acids is 1. The smallest absolute Gasteiger partial charge is 0.309 e. The van der Waals surface area contributed by atoms with E-state index in [1.807, 2.05) is 6.92 Å². The molecule has 0 radical (unpaired) electrons. The summed E-state index contributed by atoms with van der Waals surface area (Å²) in [7, 11) is 0. The van der Waals surface area contributed by atoms with Gasteiger partial charge in [0.05, 0.1) is 5.41 Å². The maximum atomic E-state index is 11.8. The normalized spacial score (nSPS) is 18.1. The van der Waals surface area contributed by atoms with Gasteiger partial charge in [0.25, 0.3) is 0 Å². The highest BCUT2D eigenvalue weighted by molar-refractivity contribution is 5.74. The molecule has 1 N–H and O–H groups in total. The van der Waals surface area contributed by atoms with Crippen LogP contribution in [0.3, 0.4) is 0 Å². The van der Waals surface area contributed by atoms with Crippen molar-refractivity contribution in [2.45, 2.75) is 80.1 Å². The highest BCUT2D eigenvalue weighted by Gasteiger charge is 2.38. The molecule has 2 unspecified atom stereocenters. The van der Waals surface area contributed by atoms with Gasteiger partial charge in [-0.25, -0.2) is 0 Å². The molecule has 2 nitrogen and oxygen atoms in total. The zero-order chi connectivity index (χ0) is 15.1. The molecule has 0 aliphatic heterocycles. The fraction of sp³-hybridized carbons (Fsp3) is 0.941. The summed E-state index contributed by atoms with van der Waals surface area (Å²) in [4.78, 5) is 11.8. The van der Waals surface area contributed by atoms with Crippen LogP contribution in [0.15, 0.2) is 0 Å². The van der Waals surface area contributed by atoms with Gasteiger partial charge in [0.2, 0.25) is 0 Å². The fourth-order valence-electron chi connectivity index (χ4n) is 3.02. The van der Waals surface area contributed by atoms with E-state index in [-0.39, 0.29) is 0 Å². The molecule has 2 heteroatoms. The summed E-state index contributed by atoms with van der Waals surface area (Å²) in [6, 6.07) is 0. The van der Waals surface area contributed by atoms with Gasteiger partial charge in [0, 0.05) is 0 Å². The van der Waals surface area contributed by atoms with Gasteiger partial charge in [-0.1, -0.05) is 54.4 Å². The maximum absolute atomic E-state index is 11.8. The average Bonchev–Trinajstić information content (AvgIpc) is 2.36. The van der Waals surface area contributed by atoms with Crippen LogP contribution < -0.4 is 0 Å². The van der Waals surface area contributed by atoms with E-state index in [0.717, 1.165) is 32.1 Å². The highest BCUT2D eigenvalue weighted by Crippen LogP contribution is 2.40. The Hall–Kier alpha value is -0.530. The van der Waals surface area contributed by atoms with Crippen LogP contribution in [0.5, 0.6) is 0 Å². The Bertz CT molecular complexity index is 260. The number of carbonyl (C=O) groups is 1. The standard InChI is InChI=1S/C17H34O2/c1-7-10-17(9-3,16(18)19)12-15(13(4)5)11-14(6)8-2/h13-15H,7-12H2,1-6H3,(H,18,19)/t14?,15?,17-/m1/s1. The summed E-state index contributed by atoms with van der Waals surface area (Å²) in [6.45, 7) is 13.1. The largest absolute Gasteiger partial charge is 0.481 e. The van der Waals surface area contributed by atoms with Gasteiger partial charge < -0.3 is 5.11 Å². The van der Waals surface area contributed by atoms with Gasteiger partial charge >= 0.3 is 5.97 Å². The second-order valence-electron chi connectivity index (χ2n) is 6.65. The summed E-state index contributed by atoms with van der Waals surface area (Å²) >= 11 is 0. The van der Waals surface area contributed by atoms with Crippen molar-refractivity contribution in [3.05, 3.63) is 0 Å². The predicted molar refractivity (Wildman–Crippen MR) is 82.3 cm³/mol. The molecule has 19 heavy (non-hydrogen) atoms. The number of carboxylic acid groups (broad SMARTS) is 1. The zero-order valence-corrected chi connectivity index (χ0v) is 13.8. The lowest BCUT2D eigenvalue weighted by Crippen LogP contribution is -2.34. The summed E-state index contributed by atoms with van der Waals surface area (Å²) in [6.07, 6.45) is 5.70. The molecule has 0 aliphatic carbocycles. The minimum atomic E-state index is -0.591. The number of hydrogen-bond donors (Lipinski definition) is 1. The molecule has 114 valence electrons. The molecule has 3 atom stereocenters. The average molecular weight is 270 g/mol. The fourth-order valence-corrected chi connectivity index (χ4v) is 3.02.